The first-order valence-electron chi connectivity index (χ1n) is 11.3. The van der Waals surface area contributed by atoms with Gasteiger partial charge in [0.2, 0.25) is 0 Å². The number of carboxylic acids is 1. The highest BCUT2D eigenvalue weighted by Crippen LogP contribution is 2.31. The largest absolute Gasteiger partial charge is 0.478 e. The first kappa shape index (κ1) is 26.7. The Balaban J connectivity index is 0.000000242. The molecule has 1 heterocycles. The van der Waals surface area contributed by atoms with Crippen molar-refractivity contribution in [3.05, 3.63) is 73.3 Å². The summed E-state index contributed by atoms with van der Waals surface area (Å²) in [5, 5.41) is 29.8. The molecular weight excluding hydrogens is 440 g/mol. The van der Waals surface area contributed by atoms with Gasteiger partial charge in [0.1, 0.15) is 5.56 Å². The Bertz CT molecular complexity index is 999. The van der Waals surface area contributed by atoms with Gasteiger partial charge in [0, 0.05) is 37.0 Å². The normalized spacial score (nSPS) is 14.2. The Hall–Kier alpha value is -3.53. The Labute approximate surface area is 198 Å². The van der Waals surface area contributed by atoms with E-state index in [1.54, 1.807) is 0 Å². The summed E-state index contributed by atoms with van der Waals surface area (Å²) in [7, 11) is 0. The number of aromatic carboxylic acids is 1. The van der Waals surface area contributed by atoms with Crippen LogP contribution in [0.5, 0.6) is 0 Å². The van der Waals surface area contributed by atoms with E-state index in [-0.39, 0.29) is 11.6 Å². The molecule has 0 spiro atoms. The molecule has 0 saturated carbocycles. The second kappa shape index (κ2) is 12.1. The molecule has 0 radical (unpaired) electrons. The summed E-state index contributed by atoms with van der Waals surface area (Å²) in [5.74, 6) is -0.805. The fourth-order valence-electron chi connectivity index (χ4n) is 4.05. The lowest BCUT2D eigenvalue weighted by molar-refractivity contribution is -0.395. The second-order valence-electron chi connectivity index (χ2n) is 8.80. The van der Waals surface area contributed by atoms with E-state index >= 15 is 0 Å². The zero-order chi connectivity index (χ0) is 25.4. The lowest BCUT2D eigenvalue weighted by Gasteiger charge is -2.32. The van der Waals surface area contributed by atoms with Gasteiger partial charge < -0.3 is 15.7 Å². The first-order valence-corrected chi connectivity index (χ1v) is 11.3. The van der Waals surface area contributed by atoms with Crippen LogP contribution in [0.25, 0.3) is 0 Å². The van der Waals surface area contributed by atoms with Gasteiger partial charge in [0.25, 0.3) is 11.4 Å². The number of anilines is 1. The molecule has 1 atom stereocenters. The van der Waals surface area contributed by atoms with E-state index in [0.717, 1.165) is 18.6 Å². The zero-order valence-corrected chi connectivity index (χ0v) is 19.8. The molecule has 1 fully saturated rings. The average Bonchev–Trinajstić information content (AvgIpc) is 2.79. The number of hydrogen-bond acceptors (Lipinski definition) is 7. The van der Waals surface area contributed by atoms with E-state index in [1.807, 2.05) is 0 Å². The molecule has 3 N–H and O–H groups in total. The molecule has 0 aliphatic carbocycles. The van der Waals surface area contributed by atoms with Crippen LogP contribution in [0.2, 0.25) is 0 Å². The van der Waals surface area contributed by atoms with Gasteiger partial charge in [-0.1, -0.05) is 32.0 Å². The van der Waals surface area contributed by atoms with Gasteiger partial charge in [0.15, 0.2) is 0 Å². The minimum atomic E-state index is -1.45. The number of nitrogens with two attached hydrogens (primary N) is 1. The number of piperidine rings is 1. The predicted molar refractivity (Wildman–Crippen MR) is 130 cm³/mol. The van der Waals surface area contributed by atoms with Crippen molar-refractivity contribution in [2.75, 3.05) is 18.0 Å². The maximum Gasteiger partial charge on any atom is 0.336 e. The van der Waals surface area contributed by atoms with E-state index < -0.39 is 32.8 Å². The molecule has 1 saturated heterocycles. The van der Waals surface area contributed by atoms with E-state index in [1.165, 1.54) is 50.5 Å². The lowest BCUT2D eigenvalue weighted by atomic mass is 9.95. The molecule has 184 valence electrons. The number of rotatable bonds is 7. The Morgan fingerprint density at radius 1 is 1.06 bits per heavy atom. The van der Waals surface area contributed by atoms with Crippen molar-refractivity contribution >= 4 is 23.0 Å². The maximum atomic E-state index is 10.6. The van der Waals surface area contributed by atoms with Crippen LogP contribution in [0, 0.1) is 33.1 Å². The molecule has 34 heavy (non-hydrogen) atoms. The monoisotopic (exact) mass is 472 g/mol. The third-order valence-electron chi connectivity index (χ3n) is 5.75. The predicted octanol–water partition coefficient (Wildman–Crippen LogP) is 5.23. The number of nitro benzene ring substituents is 2. The molecule has 3 rings (SSSR count). The Kier molecular flexibility index (Phi) is 9.49. The van der Waals surface area contributed by atoms with Gasteiger partial charge in [-0.15, -0.1) is 0 Å². The Morgan fingerprint density at radius 3 is 2.06 bits per heavy atom. The summed E-state index contributed by atoms with van der Waals surface area (Å²) in [5.41, 5.74) is 7.27. The molecular formula is C24H32N4O6. The van der Waals surface area contributed by atoms with Gasteiger partial charge in [0.05, 0.1) is 15.4 Å². The van der Waals surface area contributed by atoms with Crippen LogP contribution >= 0.6 is 0 Å². The highest BCUT2D eigenvalue weighted by atomic mass is 16.6. The van der Waals surface area contributed by atoms with E-state index in [2.05, 4.69) is 43.0 Å². The number of para-hydroxylation sites is 1. The molecule has 10 heteroatoms. The SMILES string of the molecule is CC(C)CC(N)c1ccccc1N1CCCCC1.Cc1c([N+](=O)[O-])cc(C(=O)O)cc1[N+](=O)[O-]. The van der Waals surface area contributed by atoms with E-state index in [9.17, 15) is 25.0 Å². The van der Waals surface area contributed by atoms with E-state index in [4.69, 9.17) is 10.8 Å². The quantitative estimate of drug-likeness (QED) is 0.410. The zero-order valence-electron chi connectivity index (χ0n) is 19.8. The van der Waals surface area contributed by atoms with Crippen LogP contribution in [-0.4, -0.2) is 34.0 Å². The molecule has 2 aromatic carbocycles. The molecule has 0 bridgehead atoms. The van der Waals surface area contributed by atoms with Crippen LogP contribution in [0.15, 0.2) is 36.4 Å². The van der Waals surface area contributed by atoms with Gasteiger partial charge in [-0.05, 0) is 50.2 Å². The number of hydrogen-bond donors (Lipinski definition) is 2. The van der Waals surface area contributed by atoms with Crippen molar-refractivity contribution in [1.29, 1.82) is 0 Å². The first-order chi connectivity index (χ1) is 16.0. The number of nitro groups is 2. The van der Waals surface area contributed by atoms with Crippen molar-refractivity contribution in [2.45, 2.75) is 52.5 Å². The van der Waals surface area contributed by atoms with Crippen LogP contribution in [0.1, 0.15) is 67.1 Å². The second-order valence-corrected chi connectivity index (χ2v) is 8.80. The van der Waals surface area contributed by atoms with Crippen LogP contribution in [0.4, 0.5) is 17.1 Å². The minimum absolute atomic E-state index is 0.167. The van der Waals surface area contributed by atoms with Crippen LogP contribution in [0.3, 0.4) is 0 Å². The van der Waals surface area contributed by atoms with Crippen molar-refractivity contribution in [1.82, 2.24) is 0 Å². The summed E-state index contributed by atoms with van der Waals surface area (Å²) >= 11 is 0. The summed E-state index contributed by atoms with van der Waals surface area (Å²) in [6, 6.07) is 10.5. The van der Waals surface area contributed by atoms with Crippen molar-refractivity contribution in [3.63, 3.8) is 0 Å². The fourth-order valence-corrected chi connectivity index (χ4v) is 4.05. The van der Waals surface area contributed by atoms with E-state index in [0.29, 0.717) is 5.92 Å². The standard InChI is InChI=1S/C16H26N2.C8H6N2O6/c1-13(2)12-15(17)14-8-4-5-9-16(14)18-10-6-3-7-11-18;1-4-6(9(13)14)2-5(8(11)12)3-7(4)10(15)16/h4-5,8-9,13,15H,3,6-7,10-12,17H2,1-2H3;2-3H,1H3,(H,11,12). The Morgan fingerprint density at radius 2 is 1.59 bits per heavy atom. The van der Waals surface area contributed by atoms with Gasteiger partial charge in [-0.3, -0.25) is 20.2 Å². The third kappa shape index (κ3) is 6.98. The van der Waals surface area contributed by atoms with Crippen molar-refractivity contribution in [2.24, 2.45) is 11.7 Å². The van der Waals surface area contributed by atoms with Gasteiger partial charge >= 0.3 is 5.97 Å². The van der Waals surface area contributed by atoms with Crippen molar-refractivity contribution in [3.8, 4) is 0 Å². The van der Waals surface area contributed by atoms with Crippen molar-refractivity contribution < 1.29 is 19.7 Å². The smallest absolute Gasteiger partial charge is 0.336 e. The molecule has 0 amide bonds. The average molecular weight is 473 g/mol. The molecule has 1 aliphatic rings. The molecule has 0 aromatic heterocycles. The topological polar surface area (TPSA) is 153 Å². The lowest BCUT2D eigenvalue weighted by Crippen LogP contribution is -2.31. The molecule has 1 aliphatic heterocycles. The fraction of sp³-hybridized carbons (Fsp3) is 0.458. The highest BCUT2D eigenvalue weighted by molar-refractivity contribution is 5.90. The summed E-state index contributed by atoms with van der Waals surface area (Å²) in [6.07, 6.45) is 5.06. The number of benzene rings is 2. The third-order valence-corrected chi connectivity index (χ3v) is 5.75. The van der Waals surface area contributed by atoms with Crippen LogP contribution < -0.4 is 10.6 Å². The summed E-state index contributed by atoms with van der Waals surface area (Å²) in [4.78, 5) is 32.5. The number of carbonyl (C=O) groups is 1. The molecule has 10 nitrogen and oxygen atoms in total. The van der Waals surface area contributed by atoms with Crippen LogP contribution in [-0.2, 0) is 0 Å². The highest BCUT2D eigenvalue weighted by Gasteiger charge is 2.25. The summed E-state index contributed by atoms with van der Waals surface area (Å²) < 4.78 is 0. The van der Waals surface area contributed by atoms with Gasteiger partial charge in [-0.25, -0.2) is 4.79 Å². The maximum absolute atomic E-state index is 10.6. The van der Waals surface area contributed by atoms with Gasteiger partial charge in [-0.2, -0.15) is 0 Å². The number of carboxylic acid groups (broad SMARTS) is 1. The number of nitrogens with zero attached hydrogens (tertiary/aromatic N) is 3. The molecule has 2 aromatic rings. The minimum Gasteiger partial charge on any atom is -0.478 e. The molecule has 1 unspecified atom stereocenters. The summed E-state index contributed by atoms with van der Waals surface area (Å²) in [6.45, 7) is 8.05.